The van der Waals surface area contributed by atoms with Gasteiger partial charge in [0.25, 0.3) is 5.91 Å². The molecule has 0 unspecified atom stereocenters. The molecule has 0 aromatic heterocycles. The van der Waals surface area contributed by atoms with Crippen LogP contribution in [-0.4, -0.2) is 96.7 Å². The highest BCUT2D eigenvalue weighted by atomic mass is 32.3. The van der Waals surface area contributed by atoms with E-state index in [-0.39, 0.29) is 12.6 Å². The summed E-state index contributed by atoms with van der Waals surface area (Å²) in [7, 11) is -4.81. The second-order valence-electron chi connectivity index (χ2n) is 7.67. The lowest BCUT2D eigenvalue weighted by atomic mass is 10.0. The van der Waals surface area contributed by atoms with Crippen molar-refractivity contribution in [2.24, 2.45) is 0 Å². The third-order valence-electron chi connectivity index (χ3n) is 5.86. The van der Waals surface area contributed by atoms with E-state index in [2.05, 4.69) is 20.0 Å². The number of carbonyl (C=O) groups excluding carboxylic acids is 2. The lowest BCUT2D eigenvalue weighted by Gasteiger charge is -2.36. The highest BCUT2D eigenvalue weighted by Crippen LogP contribution is 2.30. The molecule has 0 saturated carbocycles. The number of piperidine rings is 1. The molecule has 4 fully saturated rings. The fourth-order valence-corrected chi connectivity index (χ4v) is 4.68. The number of fused-ring (bicyclic) bond motifs is 2. The molecule has 4 saturated heterocycles. The van der Waals surface area contributed by atoms with Crippen molar-refractivity contribution < 1.29 is 31.7 Å². The molecule has 0 radical (unpaired) electrons. The average Bonchev–Trinajstić information content (AvgIpc) is 3.12. The van der Waals surface area contributed by atoms with Gasteiger partial charge in [0.2, 0.25) is 0 Å². The van der Waals surface area contributed by atoms with Gasteiger partial charge in [-0.3, -0.25) is 19.1 Å². The van der Waals surface area contributed by atoms with Gasteiger partial charge in [0, 0.05) is 25.2 Å². The van der Waals surface area contributed by atoms with Crippen LogP contribution in [0.3, 0.4) is 0 Å². The normalized spacial score (nSPS) is 33.2. The number of nitrogens with zero attached hydrogens (tertiary/aromatic N) is 3. The highest BCUT2D eigenvalue weighted by Gasteiger charge is 2.49. The maximum atomic E-state index is 12.4. The summed E-state index contributed by atoms with van der Waals surface area (Å²) in [5.74, 6) is -0.460. The minimum atomic E-state index is -4.81. The van der Waals surface area contributed by atoms with Gasteiger partial charge in [-0.15, -0.1) is 4.28 Å². The molecule has 13 heteroatoms. The highest BCUT2D eigenvalue weighted by molar-refractivity contribution is 7.80. The first kappa shape index (κ1) is 19.8. The molecular weight excluding hydrogens is 394 g/mol. The predicted octanol–water partition coefficient (Wildman–Crippen LogP) is -1.53. The first-order valence-electron chi connectivity index (χ1n) is 9.48. The van der Waals surface area contributed by atoms with E-state index in [0.717, 1.165) is 26.1 Å². The van der Waals surface area contributed by atoms with Gasteiger partial charge in [0.1, 0.15) is 6.04 Å². The molecule has 158 valence electrons. The summed E-state index contributed by atoms with van der Waals surface area (Å²) in [6.45, 7) is 3.67. The molecule has 0 aromatic carbocycles. The smallest absolute Gasteiger partial charge is 0.310 e. The Labute approximate surface area is 163 Å². The van der Waals surface area contributed by atoms with Gasteiger partial charge in [0.05, 0.1) is 12.6 Å². The van der Waals surface area contributed by atoms with E-state index in [1.807, 2.05) is 0 Å². The summed E-state index contributed by atoms with van der Waals surface area (Å²) in [6.07, 6.45) is 2.93. The lowest BCUT2D eigenvalue weighted by molar-refractivity contribution is -0.139. The second-order valence-corrected chi connectivity index (χ2v) is 8.68. The quantitative estimate of drug-likeness (QED) is 0.331. The van der Waals surface area contributed by atoms with Gasteiger partial charge in [-0.25, -0.2) is 10.3 Å². The molecule has 4 heterocycles. The van der Waals surface area contributed by atoms with Crippen LogP contribution in [0.25, 0.3) is 0 Å². The zero-order valence-corrected chi connectivity index (χ0v) is 16.1. The van der Waals surface area contributed by atoms with Crippen LogP contribution in [0, 0.1) is 0 Å². The number of hydroxylamine groups is 3. The monoisotopic (exact) mass is 419 g/mol. The number of rotatable bonds is 7. The lowest BCUT2D eigenvalue weighted by Crippen LogP contribution is -2.50. The molecule has 0 spiro atoms. The van der Waals surface area contributed by atoms with Crippen LogP contribution in [0.1, 0.15) is 25.7 Å². The SMILES string of the molecule is O=C(NOC[C@H]1C[C@@H](N2CCC2)CN1)[C@@H]1CC[C@@H]2CN1C(=O)N2OS(=O)(=O)O. The topological polar surface area (TPSA) is 141 Å². The van der Waals surface area contributed by atoms with Gasteiger partial charge in [-0.2, -0.15) is 13.5 Å². The first-order valence-corrected chi connectivity index (χ1v) is 10.8. The number of hydrogen-bond donors (Lipinski definition) is 3. The zero-order chi connectivity index (χ0) is 19.9. The third-order valence-corrected chi connectivity index (χ3v) is 6.21. The second kappa shape index (κ2) is 7.72. The predicted molar refractivity (Wildman–Crippen MR) is 93.9 cm³/mol. The molecule has 12 nitrogen and oxygen atoms in total. The van der Waals surface area contributed by atoms with Gasteiger partial charge < -0.3 is 10.2 Å². The van der Waals surface area contributed by atoms with Crippen molar-refractivity contribution in [2.75, 3.05) is 32.8 Å². The molecule has 4 atom stereocenters. The Balaban J connectivity index is 1.24. The van der Waals surface area contributed by atoms with Crippen molar-refractivity contribution in [1.82, 2.24) is 25.7 Å². The maximum absolute atomic E-state index is 12.4. The minimum absolute atomic E-state index is 0.147. The Morgan fingerprint density at radius 1 is 1.29 bits per heavy atom. The maximum Gasteiger partial charge on any atom is 0.418 e. The average molecular weight is 419 g/mol. The van der Waals surface area contributed by atoms with Gasteiger partial charge in [0.15, 0.2) is 0 Å². The summed E-state index contributed by atoms with van der Waals surface area (Å²) in [5, 5.41) is 4.00. The van der Waals surface area contributed by atoms with Crippen LogP contribution in [0.15, 0.2) is 0 Å². The van der Waals surface area contributed by atoms with Crippen LogP contribution in [-0.2, 0) is 24.3 Å². The van der Waals surface area contributed by atoms with Crippen LogP contribution >= 0.6 is 0 Å². The molecule has 4 rings (SSSR count). The van der Waals surface area contributed by atoms with E-state index in [0.29, 0.717) is 30.6 Å². The summed E-state index contributed by atoms with van der Waals surface area (Å²) in [4.78, 5) is 33.8. The van der Waals surface area contributed by atoms with Crippen LogP contribution in [0.4, 0.5) is 4.79 Å². The van der Waals surface area contributed by atoms with E-state index >= 15 is 0 Å². The molecule has 4 aliphatic heterocycles. The molecular formula is C15H25N5O7S. The van der Waals surface area contributed by atoms with Crippen molar-refractivity contribution in [1.29, 1.82) is 0 Å². The molecule has 2 bridgehead atoms. The van der Waals surface area contributed by atoms with Crippen LogP contribution in [0.5, 0.6) is 0 Å². The molecule has 28 heavy (non-hydrogen) atoms. The summed E-state index contributed by atoms with van der Waals surface area (Å²) >= 11 is 0. The van der Waals surface area contributed by atoms with E-state index in [1.165, 1.54) is 11.3 Å². The number of likely N-dealkylation sites (tertiary alicyclic amines) is 1. The Morgan fingerprint density at radius 2 is 2.07 bits per heavy atom. The van der Waals surface area contributed by atoms with E-state index in [1.54, 1.807) is 0 Å². The minimum Gasteiger partial charge on any atom is -0.310 e. The van der Waals surface area contributed by atoms with E-state index in [9.17, 15) is 18.0 Å². The van der Waals surface area contributed by atoms with Crippen molar-refractivity contribution >= 4 is 22.3 Å². The van der Waals surface area contributed by atoms with Crippen molar-refractivity contribution in [2.45, 2.75) is 49.9 Å². The Kier molecular flexibility index (Phi) is 5.46. The first-order chi connectivity index (χ1) is 13.3. The molecule has 3 N–H and O–H groups in total. The Morgan fingerprint density at radius 3 is 2.75 bits per heavy atom. The van der Waals surface area contributed by atoms with E-state index in [4.69, 9.17) is 9.39 Å². The number of carbonyl (C=O) groups is 2. The van der Waals surface area contributed by atoms with Crippen molar-refractivity contribution in [3.63, 3.8) is 0 Å². The largest absolute Gasteiger partial charge is 0.418 e. The van der Waals surface area contributed by atoms with Crippen LogP contribution in [0.2, 0.25) is 0 Å². The summed E-state index contributed by atoms with van der Waals surface area (Å²) in [6, 6.07) is -1.39. The number of nitrogens with one attached hydrogen (secondary N) is 2. The third kappa shape index (κ3) is 4.09. The van der Waals surface area contributed by atoms with Gasteiger partial charge >= 0.3 is 16.4 Å². The fraction of sp³-hybridized carbons (Fsp3) is 0.867. The summed E-state index contributed by atoms with van der Waals surface area (Å²) < 4.78 is 35.0. The fourth-order valence-electron chi connectivity index (χ4n) is 4.29. The Hall–Kier alpha value is -1.51. The standard InChI is InChI=1S/C15H25N5O7S/c21-14(17-26-9-10-6-12(7-16-10)18-4-1-5-18)13-3-2-11-8-19(13)15(22)20(11)27-28(23,24)25/h10-13,16H,1-9H2,(H,17,21)(H,23,24,25)/t10-,11-,12-,13+/m1/s1. The van der Waals surface area contributed by atoms with E-state index < -0.39 is 34.4 Å². The van der Waals surface area contributed by atoms with Crippen molar-refractivity contribution in [3.8, 4) is 0 Å². The molecule has 0 aliphatic carbocycles. The Bertz CT molecular complexity index is 730. The number of amides is 3. The van der Waals surface area contributed by atoms with Crippen molar-refractivity contribution in [3.05, 3.63) is 0 Å². The molecule has 3 amide bonds. The zero-order valence-electron chi connectivity index (χ0n) is 15.3. The number of urea groups is 1. The molecule has 0 aromatic rings. The van der Waals surface area contributed by atoms with Gasteiger partial charge in [-0.05, 0) is 38.8 Å². The van der Waals surface area contributed by atoms with Gasteiger partial charge in [-0.1, -0.05) is 0 Å². The number of hydrogen-bond acceptors (Lipinski definition) is 8. The van der Waals surface area contributed by atoms with Crippen LogP contribution < -0.4 is 10.8 Å². The summed E-state index contributed by atoms with van der Waals surface area (Å²) in [5.41, 5.74) is 2.40. The molecule has 4 aliphatic rings.